The Labute approximate surface area is 132 Å². The predicted octanol–water partition coefficient (Wildman–Crippen LogP) is 3.18. The van der Waals surface area contributed by atoms with Gasteiger partial charge in [0.2, 0.25) is 5.89 Å². The van der Waals surface area contributed by atoms with E-state index >= 15 is 0 Å². The second-order valence-electron chi connectivity index (χ2n) is 5.61. The van der Waals surface area contributed by atoms with E-state index in [-0.39, 0.29) is 5.41 Å². The zero-order valence-corrected chi connectivity index (χ0v) is 12.9. The fourth-order valence-electron chi connectivity index (χ4n) is 2.98. The van der Waals surface area contributed by atoms with Crippen LogP contribution in [0.25, 0.3) is 0 Å². The summed E-state index contributed by atoms with van der Waals surface area (Å²) in [4.78, 5) is 13.0. The van der Waals surface area contributed by atoms with Gasteiger partial charge in [0.25, 0.3) is 0 Å². The molecular formula is C16H16N4OS. The minimum Gasteiger partial charge on any atom is -0.339 e. The van der Waals surface area contributed by atoms with Crippen molar-refractivity contribution in [3.05, 3.63) is 58.4 Å². The molecule has 0 spiro atoms. The van der Waals surface area contributed by atoms with Crippen LogP contribution in [0.4, 0.5) is 0 Å². The minimum atomic E-state index is -0.0775. The smallest absolute Gasteiger partial charge is 0.227 e. The first kappa shape index (κ1) is 13.6. The molecule has 3 heterocycles. The molecule has 0 atom stereocenters. The van der Waals surface area contributed by atoms with Crippen molar-refractivity contribution in [1.29, 1.82) is 0 Å². The topological polar surface area (TPSA) is 64.7 Å². The van der Waals surface area contributed by atoms with Crippen LogP contribution in [0.15, 0.2) is 40.6 Å². The van der Waals surface area contributed by atoms with Gasteiger partial charge in [-0.05, 0) is 30.5 Å². The zero-order valence-electron chi connectivity index (χ0n) is 12.1. The highest BCUT2D eigenvalue weighted by atomic mass is 32.1. The first-order valence-electron chi connectivity index (χ1n) is 7.49. The number of aryl methyl sites for hydroxylation is 2. The lowest BCUT2D eigenvalue weighted by Gasteiger charge is -2.39. The van der Waals surface area contributed by atoms with Crippen molar-refractivity contribution in [2.24, 2.45) is 0 Å². The second-order valence-corrected chi connectivity index (χ2v) is 6.59. The van der Waals surface area contributed by atoms with Gasteiger partial charge in [0.15, 0.2) is 5.82 Å². The van der Waals surface area contributed by atoms with E-state index in [4.69, 9.17) is 4.52 Å². The molecule has 3 aromatic heterocycles. The first-order chi connectivity index (χ1) is 10.9. The highest BCUT2D eigenvalue weighted by Gasteiger charge is 2.44. The quantitative estimate of drug-likeness (QED) is 0.724. The highest BCUT2D eigenvalue weighted by Crippen LogP contribution is 2.47. The lowest BCUT2D eigenvalue weighted by Crippen LogP contribution is -2.36. The van der Waals surface area contributed by atoms with Gasteiger partial charge >= 0.3 is 0 Å². The standard InChI is InChI=1S/C16H16N4OS/c1-6-16(7-1,12-4-8-17-9-5-12)15-19-13(21-20-15)2-3-14-18-10-11-22-14/h4-5,8-11H,1-3,6-7H2. The first-order valence-corrected chi connectivity index (χ1v) is 8.37. The van der Waals surface area contributed by atoms with Gasteiger partial charge in [0.05, 0.1) is 10.4 Å². The fraction of sp³-hybridized carbons (Fsp3) is 0.375. The molecule has 0 aromatic carbocycles. The largest absolute Gasteiger partial charge is 0.339 e. The molecule has 1 saturated carbocycles. The van der Waals surface area contributed by atoms with Gasteiger partial charge in [-0.3, -0.25) is 4.98 Å². The van der Waals surface area contributed by atoms with Crippen molar-refractivity contribution >= 4 is 11.3 Å². The number of nitrogens with zero attached hydrogens (tertiary/aromatic N) is 4. The van der Waals surface area contributed by atoms with Crippen molar-refractivity contribution in [1.82, 2.24) is 20.1 Å². The molecule has 0 radical (unpaired) electrons. The third-order valence-corrected chi connectivity index (χ3v) is 5.21. The van der Waals surface area contributed by atoms with Gasteiger partial charge in [-0.25, -0.2) is 4.98 Å². The van der Waals surface area contributed by atoms with Crippen molar-refractivity contribution in [3.63, 3.8) is 0 Å². The minimum absolute atomic E-state index is 0.0775. The molecule has 6 heteroatoms. The summed E-state index contributed by atoms with van der Waals surface area (Å²) in [5, 5.41) is 7.35. The van der Waals surface area contributed by atoms with Crippen LogP contribution in [-0.2, 0) is 18.3 Å². The molecule has 0 unspecified atom stereocenters. The van der Waals surface area contributed by atoms with Crippen LogP contribution in [0.5, 0.6) is 0 Å². The van der Waals surface area contributed by atoms with Gasteiger partial charge in [-0.15, -0.1) is 11.3 Å². The monoisotopic (exact) mass is 312 g/mol. The molecular weight excluding hydrogens is 296 g/mol. The van der Waals surface area contributed by atoms with Crippen molar-refractivity contribution < 1.29 is 4.52 Å². The van der Waals surface area contributed by atoms with E-state index in [1.165, 1.54) is 12.0 Å². The summed E-state index contributed by atoms with van der Waals surface area (Å²) in [5.74, 6) is 1.52. The van der Waals surface area contributed by atoms with Gasteiger partial charge in [0.1, 0.15) is 0 Å². The molecule has 1 aliphatic rings. The molecule has 1 aliphatic carbocycles. The van der Waals surface area contributed by atoms with Crippen molar-refractivity contribution in [2.75, 3.05) is 0 Å². The van der Waals surface area contributed by atoms with E-state index in [2.05, 4.69) is 32.2 Å². The normalized spacial score (nSPS) is 16.4. The van der Waals surface area contributed by atoms with Crippen LogP contribution in [-0.4, -0.2) is 20.1 Å². The van der Waals surface area contributed by atoms with E-state index in [1.54, 1.807) is 11.3 Å². The molecule has 4 rings (SSSR count). The van der Waals surface area contributed by atoms with E-state index < -0.39 is 0 Å². The molecule has 112 valence electrons. The van der Waals surface area contributed by atoms with Crippen LogP contribution >= 0.6 is 11.3 Å². The predicted molar refractivity (Wildman–Crippen MR) is 82.7 cm³/mol. The summed E-state index contributed by atoms with van der Waals surface area (Å²) in [6.07, 6.45) is 10.4. The lowest BCUT2D eigenvalue weighted by atomic mass is 9.64. The molecule has 0 amide bonds. The number of pyridine rings is 1. The number of aromatic nitrogens is 4. The van der Waals surface area contributed by atoms with Gasteiger partial charge in [0, 0.05) is 36.8 Å². The molecule has 22 heavy (non-hydrogen) atoms. The summed E-state index contributed by atoms with van der Waals surface area (Å²) in [5.41, 5.74) is 1.16. The van der Waals surface area contributed by atoms with Crippen LogP contribution in [0, 0.1) is 0 Å². The summed E-state index contributed by atoms with van der Waals surface area (Å²) in [7, 11) is 0. The summed E-state index contributed by atoms with van der Waals surface area (Å²) < 4.78 is 5.47. The molecule has 5 nitrogen and oxygen atoms in total. The Morgan fingerprint density at radius 2 is 2.00 bits per heavy atom. The Hall–Kier alpha value is -2.08. The average Bonchev–Trinajstić information content (AvgIpc) is 3.17. The fourth-order valence-corrected chi connectivity index (χ4v) is 3.60. The van der Waals surface area contributed by atoms with Gasteiger partial charge in [-0.1, -0.05) is 11.6 Å². The molecule has 3 aromatic rings. The third kappa shape index (κ3) is 2.33. The molecule has 1 fully saturated rings. The van der Waals surface area contributed by atoms with Gasteiger partial charge in [-0.2, -0.15) is 4.98 Å². The Bertz CT molecular complexity index is 735. The maximum Gasteiger partial charge on any atom is 0.227 e. The number of rotatable bonds is 5. The van der Waals surface area contributed by atoms with Crippen LogP contribution in [0.2, 0.25) is 0 Å². The maximum atomic E-state index is 5.47. The Morgan fingerprint density at radius 3 is 2.68 bits per heavy atom. The van der Waals surface area contributed by atoms with E-state index in [0.717, 1.165) is 36.5 Å². The van der Waals surface area contributed by atoms with Crippen molar-refractivity contribution in [3.8, 4) is 0 Å². The number of hydrogen-bond acceptors (Lipinski definition) is 6. The van der Waals surface area contributed by atoms with Crippen LogP contribution in [0.1, 0.15) is 41.5 Å². The second kappa shape index (κ2) is 5.61. The SMILES string of the molecule is c1cc(C2(c3noc(CCc4nccs4)n3)CCC2)ccn1. The van der Waals surface area contributed by atoms with Gasteiger partial charge < -0.3 is 4.52 Å². The number of thiazole rings is 1. The van der Waals surface area contributed by atoms with E-state index in [1.807, 2.05) is 24.0 Å². The third-order valence-electron chi connectivity index (χ3n) is 4.37. The highest BCUT2D eigenvalue weighted by molar-refractivity contribution is 7.09. The molecule has 0 bridgehead atoms. The average molecular weight is 312 g/mol. The Kier molecular flexibility index (Phi) is 3.46. The Morgan fingerprint density at radius 1 is 1.14 bits per heavy atom. The molecule has 0 aliphatic heterocycles. The number of hydrogen-bond donors (Lipinski definition) is 0. The van der Waals surface area contributed by atoms with E-state index in [9.17, 15) is 0 Å². The van der Waals surface area contributed by atoms with Crippen LogP contribution < -0.4 is 0 Å². The van der Waals surface area contributed by atoms with Crippen molar-refractivity contribution in [2.45, 2.75) is 37.5 Å². The molecule has 0 saturated heterocycles. The summed E-state index contributed by atoms with van der Waals surface area (Å²) in [6, 6.07) is 4.12. The summed E-state index contributed by atoms with van der Waals surface area (Å²) in [6.45, 7) is 0. The van der Waals surface area contributed by atoms with Crippen LogP contribution in [0.3, 0.4) is 0 Å². The summed E-state index contributed by atoms with van der Waals surface area (Å²) >= 11 is 1.66. The lowest BCUT2D eigenvalue weighted by molar-refractivity contribution is 0.270. The Balaban J connectivity index is 1.55. The maximum absolute atomic E-state index is 5.47. The zero-order chi connectivity index (χ0) is 14.8. The van der Waals surface area contributed by atoms with E-state index in [0.29, 0.717) is 5.89 Å². The molecule has 0 N–H and O–H groups in total.